The summed E-state index contributed by atoms with van der Waals surface area (Å²) in [7, 11) is 0. The van der Waals surface area contributed by atoms with E-state index in [9.17, 15) is 10.1 Å². The fourth-order valence-electron chi connectivity index (χ4n) is 3.90. The molecule has 0 aliphatic carbocycles. The van der Waals surface area contributed by atoms with Crippen molar-refractivity contribution in [3.63, 3.8) is 0 Å². The highest BCUT2D eigenvalue weighted by atomic mass is 16.6. The lowest BCUT2D eigenvalue weighted by Crippen LogP contribution is -2.30. The van der Waals surface area contributed by atoms with Crippen LogP contribution in [0.4, 0.5) is 11.4 Å². The summed E-state index contributed by atoms with van der Waals surface area (Å²) in [6, 6.07) is 9.39. The standard InChI is InChI=1S/C22H23N3O4/c1-3-28-21-11-15-8-10-24(14-16(15)12-22(21)29-4-2)19-5-6-20(25(26)27)18-13-23-9-7-17(18)19/h5-7,9,11-13H,3-4,8,10,14H2,1-2H3. The maximum absolute atomic E-state index is 11.4. The van der Waals surface area contributed by atoms with Gasteiger partial charge in [0.25, 0.3) is 5.69 Å². The summed E-state index contributed by atoms with van der Waals surface area (Å²) in [6.07, 6.45) is 4.11. The third kappa shape index (κ3) is 3.55. The number of hydrogen-bond donors (Lipinski definition) is 0. The van der Waals surface area contributed by atoms with E-state index in [0.717, 1.165) is 35.5 Å². The minimum absolute atomic E-state index is 0.0780. The van der Waals surface area contributed by atoms with E-state index in [1.54, 1.807) is 18.5 Å². The molecule has 0 saturated carbocycles. The Labute approximate surface area is 169 Å². The van der Waals surface area contributed by atoms with Crippen molar-refractivity contribution >= 4 is 22.1 Å². The van der Waals surface area contributed by atoms with Gasteiger partial charge in [0.05, 0.1) is 23.5 Å². The third-order valence-electron chi connectivity index (χ3n) is 5.19. The highest BCUT2D eigenvalue weighted by molar-refractivity contribution is 5.99. The molecule has 0 N–H and O–H groups in total. The van der Waals surface area contributed by atoms with Crippen molar-refractivity contribution in [3.05, 3.63) is 64.0 Å². The van der Waals surface area contributed by atoms with E-state index < -0.39 is 0 Å². The monoisotopic (exact) mass is 393 g/mol. The van der Waals surface area contributed by atoms with Gasteiger partial charge < -0.3 is 14.4 Å². The second-order valence-electron chi connectivity index (χ2n) is 6.89. The molecule has 0 amide bonds. The van der Waals surface area contributed by atoms with E-state index in [0.29, 0.717) is 25.1 Å². The molecule has 0 bridgehead atoms. The average Bonchev–Trinajstić information content (AvgIpc) is 2.73. The topological polar surface area (TPSA) is 77.7 Å². The molecule has 1 aliphatic rings. The van der Waals surface area contributed by atoms with Crippen molar-refractivity contribution in [1.29, 1.82) is 0 Å². The first-order valence-electron chi connectivity index (χ1n) is 9.79. The molecule has 0 radical (unpaired) electrons. The molecule has 7 nitrogen and oxygen atoms in total. The summed E-state index contributed by atoms with van der Waals surface area (Å²) in [4.78, 5) is 17.4. The van der Waals surface area contributed by atoms with Crippen LogP contribution in [-0.2, 0) is 13.0 Å². The number of benzene rings is 2. The normalized spacial score (nSPS) is 13.2. The van der Waals surface area contributed by atoms with Gasteiger partial charge in [-0.3, -0.25) is 15.1 Å². The van der Waals surface area contributed by atoms with E-state index in [2.05, 4.69) is 22.0 Å². The highest BCUT2D eigenvalue weighted by Crippen LogP contribution is 2.38. The molecule has 2 aromatic carbocycles. The molecule has 0 saturated heterocycles. The molecular formula is C22H23N3O4. The molecule has 0 atom stereocenters. The minimum atomic E-state index is -0.358. The van der Waals surface area contributed by atoms with Crippen LogP contribution in [-0.4, -0.2) is 29.7 Å². The predicted octanol–water partition coefficient (Wildman–Crippen LogP) is 4.50. The van der Waals surface area contributed by atoms with Gasteiger partial charge in [-0.15, -0.1) is 0 Å². The van der Waals surface area contributed by atoms with Crippen LogP contribution in [0, 0.1) is 10.1 Å². The second kappa shape index (κ2) is 7.95. The number of nitro benzene ring substituents is 1. The molecule has 2 heterocycles. The van der Waals surface area contributed by atoms with Crippen LogP contribution in [0.1, 0.15) is 25.0 Å². The first-order valence-corrected chi connectivity index (χ1v) is 9.79. The summed E-state index contributed by atoms with van der Waals surface area (Å²) in [5.74, 6) is 1.54. The van der Waals surface area contributed by atoms with Gasteiger partial charge in [0.1, 0.15) is 0 Å². The van der Waals surface area contributed by atoms with Gasteiger partial charge in [-0.2, -0.15) is 0 Å². The maximum atomic E-state index is 11.4. The zero-order valence-corrected chi connectivity index (χ0v) is 16.6. The smallest absolute Gasteiger partial charge is 0.278 e. The van der Waals surface area contributed by atoms with E-state index in [-0.39, 0.29) is 10.6 Å². The molecule has 4 rings (SSSR count). The number of pyridine rings is 1. The lowest BCUT2D eigenvalue weighted by molar-refractivity contribution is -0.383. The van der Waals surface area contributed by atoms with Crippen molar-refractivity contribution in [3.8, 4) is 11.5 Å². The Kier molecular flexibility index (Phi) is 5.20. The van der Waals surface area contributed by atoms with Crippen LogP contribution in [0.2, 0.25) is 0 Å². The van der Waals surface area contributed by atoms with Crippen LogP contribution in [0.15, 0.2) is 42.7 Å². The lowest BCUT2D eigenvalue weighted by Gasteiger charge is -2.32. The zero-order valence-electron chi connectivity index (χ0n) is 16.6. The molecule has 0 fully saturated rings. The Morgan fingerprint density at radius 3 is 2.48 bits per heavy atom. The maximum Gasteiger partial charge on any atom is 0.278 e. The molecule has 0 spiro atoms. The van der Waals surface area contributed by atoms with Crippen LogP contribution in [0.5, 0.6) is 11.5 Å². The van der Waals surface area contributed by atoms with Gasteiger partial charge in [0.15, 0.2) is 11.5 Å². The number of ether oxygens (including phenoxy) is 2. The zero-order chi connectivity index (χ0) is 20.4. The number of hydrogen-bond acceptors (Lipinski definition) is 6. The van der Waals surface area contributed by atoms with Gasteiger partial charge in [0.2, 0.25) is 0 Å². The van der Waals surface area contributed by atoms with Gasteiger partial charge >= 0.3 is 0 Å². The third-order valence-corrected chi connectivity index (χ3v) is 5.19. The van der Waals surface area contributed by atoms with Crippen molar-refractivity contribution in [1.82, 2.24) is 4.98 Å². The average molecular weight is 393 g/mol. The number of aromatic nitrogens is 1. The van der Waals surface area contributed by atoms with Crippen molar-refractivity contribution in [2.45, 2.75) is 26.8 Å². The molecule has 1 aliphatic heterocycles. The largest absolute Gasteiger partial charge is 0.490 e. The number of rotatable bonds is 6. The number of fused-ring (bicyclic) bond motifs is 2. The lowest BCUT2D eigenvalue weighted by atomic mass is 9.97. The Balaban J connectivity index is 1.73. The minimum Gasteiger partial charge on any atom is -0.490 e. The van der Waals surface area contributed by atoms with E-state index in [4.69, 9.17) is 9.47 Å². The van der Waals surface area contributed by atoms with Gasteiger partial charge in [0, 0.05) is 42.6 Å². The van der Waals surface area contributed by atoms with Gasteiger partial charge in [-0.1, -0.05) is 0 Å². The van der Waals surface area contributed by atoms with Crippen LogP contribution < -0.4 is 14.4 Å². The molecule has 0 unspecified atom stereocenters. The van der Waals surface area contributed by atoms with E-state index >= 15 is 0 Å². The number of non-ortho nitro benzene ring substituents is 1. The first-order chi connectivity index (χ1) is 14.1. The van der Waals surface area contributed by atoms with Crippen LogP contribution in [0.3, 0.4) is 0 Å². The number of nitrogens with zero attached hydrogens (tertiary/aromatic N) is 3. The van der Waals surface area contributed by atoms with Gasteiger partial charge in [-0.25, -0.2) is 0 Å². The summed E-state index contributed by atoms with van der Waals surface area (Å²) in [5.41, 5.74) is 3.49. The molecule has 1 aromatic heterocycles. The number of nitro groups is 1. The van der Waals surface area contributed by atoms with Crippen LogP contribution >= 0.6 is 0 Å². The van der Waals surface area contributed by atoms with Crippen molar-refractivity contribution in [2.24, 2.45) is 0 Å². The van der Waals surface area contributed by atoms with Gasteiger partial charge in [-0.05, 0) is 55.7 Å². The highest BCUT2D eigenvalue weighted by Gasteiger charge is 2.23. The first kappa shape index (κ1) is 19.0. The second-order valence-corrected chi connectivity index (χ2v) is 6.89. The molecule has 150 valence electrons. The van der Waals surface area contributed by atoms with Crippen molar-refractivity contribution in [2.75, 3.05) is 24.7 Å². The Bertz CT molecular complexity index is 1070. The molecule has 3 aromatic rings. The molecular weight excluding hydrogens is 370 g/mol. The van der Waals surface area contributed by atoms with Crippen molar-refractivity contribution < 1.29 is 14.4 Å². The molecule has 29 heavy (non-hydrogen) atoms. The summed E-state index contributed by atoms with van der Waals surface area (Å²) in [6.45, 7) is 6.61. The van der Waals surface area contributed by atoms with Crippen LogP contribution in [0.25, 0.3) is 10.8 Å². The predicted molar refractivity (Wildman–Crippen MR) is 112 cm³/mol. The quantitative estimate of drug-likeness (QED) is 0.453. The van der Waals surface area contributed by atoms with E-state index in [1.165, 1.54) is 11.1 Å². The Morgan fingerprint density at radius 1 is 1.07 bits per heavy atom. The fourth-order valence-corrected chi connectivity index (χ4v) is 3.90. The fraction of sp³-hybridized carbons (Fsp3) is 0.318. The summed E-state index contributed by atoms with van der Waals surface area (Å²) < 4.78 is 11.5. The molecule has 7 heteroatoms. The summed E-state index contributed by atoms with van der Waals surface area (Å²) >= 11 is 0. The summed E-state index contributed by atoms with van der Waals surface area (Å²) in [5, 5.41) is 12.8. The Hall–Kier alpha value is -3.35. The Morgan fingerprint density at radius 2 is 1.79 bits per heavy atom. The number of anilines is 1. The SMILES string of the molecule is CCOc1cc2c(cc1OCC)CN(c1ccc([N+](=O)[O-])c3cnccc13)CC2. The van der Waals surface area contributed by atoms with E-state index in [1.807, 2.05) is 26.0 Å².